The van der Waals surface area contributed by atoms with E-state index in [2.05, 4.69) is 11.4 Å². The van der Waals surface area contributed by atoms with E-state index < -0.39 is 0 Å². The lowest BCUT2D eigenvalue weighted by molar-refractivity contribution is 0.339. The van der Waals surface area contributed by atoms with Crippen molar-refractivity contribution in [2.24, 2.45) is 11.7 Å². The number of anilines is 1. The molecule has 0 saturated heterocycles. The Morgan fingerprint density at radius 3 is 2.76 bits per heavy atom. The first kappa shape index (κ1) is 11.9. The number of nitrogens with zero attached hydrogens (tertiary/aromatic N) is 1. The first-order valence-electron chi connectivity index (χ1n) is 6.27. The van der Waals surface area contributed by atoms with Crippen molar-refractivity contribution < 1.29 is 0 Å². The van der Waals surface area contributed by atoms with Crippen molar-refractivity contribution in [2.45, 2.75) is 31.7 Å². The van der Waals surface area contributed by atoms with Crippen LogP contribution in [0.4, 0.5) is 5.69 Å². The minimum atomic E-state index is 0.410. The van der Waals surface area contributed by atoms with E-state index in [9.17, 15) is 0 Å². The monoisotopic (exact) mass is 229 g/mol. The highest BCUT2D eigenvalue weighted by atomic mass is 14.9. The summed E-state index contributed by atoms with van der Waals surface area (Å²) < 4.78 is 0. The summed E-state index contributed by atoms with van der Waals surface area (Å²) in [6.07, 6.45) is 4.72. The average molecular weight is 229 g/mol. The first-order chi connectivity index (χ1) is 8.28. The van der Waals surface area contributed by atoms with Crippen LogP contribution in [0.5, 0.6) is 0 Å². The van der Waals surface area contributed by atoms with Gasteiger partial charge in [-0.3, -0.25) is 0 Å². The smallest absolute Gasteiger partial charge is 0.0992 e. The van der Waals surface area contributed by atoms with E-state index in [1.165, 1.54) is 12.8 Å². The molecule has 1 saturated carbocycles. The molecular weight excluding hydrogens is 210 g/mol. The summed E-state index contributed by atoms with van der Waals surface area (Å²) in [5.74, 6) is 0.723. The van der Waals surface area contributed by atoms with Crippen LogP contribution in [0, 0.1) is 17.2 Å². The molecule has 17 heavy (non-hydrogen) atoms. The molecule has 0 heterocycles. The molecule has 0 unspecified atom stereocenters. The van der Waals surface area contributed by atoms with E-state index in [4.69, 9.17) is 11.0 Å². The average Bonchev–Trinajstić information content (AvgIpc) is 2.38. The van der Waals surface area contributed by atoms with Crippen molar-refractivity contribution in [2.75, 3.05) is 11.9 Å². The van der Waals surface area contributed by atoms with Crippen LogP contribution in [-0.2, 0) is 0 Å². The van der Waals surface area contributed by atoms with Crippen LogP contribution in [0.3, 0.4) is 0 Å². The van der Waals surface area contributed by atoms with Gasteiger partial charge in [-0.1, -0.05) is 6.07 Å². The zero-order valence-corrected chi connectivity index (χ0v) is 10.0. The van der Waals surface area contributed by atoms with Gasteiger partial charge in [-0.25, -0.2) is 0 Å². The van der Waals surface area contributed by atoms with Crippen LogP contribution >= 0.6 is 0 Å². The molecule has 1 fully saturated rings. The van der Waals surface area contributed by atoms with Gasteiger partial charge in [0.05, 0.1) is 11.6 Å². The van der Waals surface area contributed by atoms with Gasteiger partial charge >= 0.3 is 0 Å². The lowest BCUT2D eigenvalue weighted by Crippen LogP contribution is -2.29. The Hall–Kier alpha value is -1.53. The van der Waals surface area contributed by atoms with Crippen LogP contribution < -0.4 is 11.1 Å². The molecular formula is C14H19N3. The molecule has 0 aromatic heterocycles. The highest BCUT2D eigenvalue weighted by molar-refractivity contribution is 5.49. The molecule has 0 atom stereocenters. The van der Waals surface area contributed by atoms with Gasteiger partial charge in [0.25, 0.3) is 0 Å². The van der Waals surface area contributed by atoms with Crippen LogP contribution in [0.1, 0.15) is 31.2 Å². The normalized spacial score (nSPS) is 24.0. The predicted molar refractivity (Wildman–Crippen MR) is 69.6 cm³/mol. The van der Waals surface area contributed by atoms with Gasteiger partial charge in [-0.05, 0) is 49.8 Å². The maximum atomic E-state index is 8.82. The van der Waals surface area contributed by atoms with Gasteiger partial charge in [-0.15, -0.1) is 0 Å². The van der Waals surface area contributed by atoms with Crippen LogP contribution in [-0.4, -0.2) is 12.6 Å². The van der Waals surface area contributed by atoms with Gasteiger partial charge < -0.3 is 11.1 Å². The Balaban J connectivity index is 1.83. The number of nitrogens with one attached hydrogen (secondary N) is 1. The van der Waals surface area contributed by atoms with E-state index >= 15 is 0 Å². The fraction of sp³-hybridized carbons (Fsp3) is 0.500. The Labute approximate surface area is 103 Å². The van der Waals surface area contributed by atoms with E-state index in [-0.39, 0.29) is 0 Å². The van der Waals surface area contributed by atoms with Crippen LogP contribution in [0.2, 0.25) is 0 Å². The zero-order valence-electron chi connectivity index (χ0n) is 10.0. The van der Waals surface area contributed by atoms with E-state index in [1.54, 1.807) is 0 Å². The third kappa shape index (κ3) is 3.47. The molecule has 0 amide bonds. The van der Waals surface area contributed by atoms with Gasteiger partial charge in [0.2, 0.25) is 0 Å². The van der Waals surface area contributed by atoms with E-state index in [0.717, 1.165) is 31.0 Å². The summed E-state index contributed by atoms with van der Waals surface area (Å²) in [4.78, 5) is 0. The molecule has 0 aliphatic heterocycles. The highest BCUT2D eigenvalue weighted by Crippen LogP contribution is 2.23. The molecule has 3 nitrogen and oxygen atoms in total. The third-order valence-corrected chi connectivity index (χ3v) is 3.48. The summed E-state index contributed by atoms with van der Waals surface area (Å²) in [6, 6.07) is 10.2. The van der Waals surface area contributed by atoms with Crippen molar-refractivity contribution in [1.82, 2.24) is 0 Å². The van der Waals surface area contributed by atoms with Crippen LogP contribution in [0.25, 0.3) is 0 Å². The summed E-state index contributed by atoms with van der Waals surface area (Å²) in [7, 11) is 0. The Morgan fingerprint density at radius 1 is 1.29 bits per heavy atom. The molecule has 2 rings (SSSR count). The van der Waals surface area contributed by atoms with Gasteiger partial charge in [-0.2, -0.15) is 5.26 Å². The standard InChI is InChI=1S/C14H19N3/c15-9-12-2-1-3-14(8-12)17-10-11-4-6-13(16)7-5-11/h1-3,8,11,13,17H,4-7,10,16H2. The Bertz CT molecular complexity index is 400. The summed E-state index contributed by atoms with van der Waals surface area (Å²) >= 11 is 0. The molecule has 0 spiro atoms. The molecule has 1 aliphatic rings. The van der Waals surface area contributed by atoms with Crippen molar-refractivity contribution in [3.63, 3.8) is 0 Å². The summed E-state index contributed by atoms with van der Waals surface area (Å²) in [6.45, 7) is 0.988. The van der Waals surface area contributed by atoms with Gasteiger partial charge in [0.1, 0.15) is 0 Å². The number of benzene rings is 1. The zero-order chi connectivity index (χ0) is 12.1. The lowest BCUT2D eigenvalue weighted by Gasteiger charge is -2.26. The van der Waals surface area contributed by atoms with Crippen LogP contribution in [0.15, 0.2) is 24.3 Å². The molecule has 1 aromatic rings. The molecule has 90 valence electrons. The second-order valence-electron chi connectivity index (χ2n) is 4.85. The topological polar surface area (TPSA) is 61.8 Å². The van der Waals surface area contributed by atoms with E-state index in [1.807, 2.05) is 24.3 Å². The second-order valence-corrected chi connectivity index (χ2v) is 4.85. The van der Waals surface area contributed by atoms with Crippen molar-refractivity contribution in [3.8, 4) is 6.07 Å². The molecule has 1 aliphatic carbocycles. The summed E-state index contributed by atoms with van der Waals surface area (Å²) in [5.41, 5.74) is 7.64. The quantitative estimate of drug-likeness (QED) is 0.837. The Morgan fingerprint density at radius 2 is 2.06 bits per heavy atom. The molecule has 1 aromatic carbocycles. The largest absolute Gasteiger partial charge is 0.385 e. The van der Waals surface area contributed by atoms with Crippen molar-refractivity contribution in [1.29, 1.82) is 5.26 Å². The first-order valence-corrected chi connectivity index (χ1v) is 6.27. The number of hydrogen-bond donors (Lipinski definition) is 2. The Kier molecular flexibility index (Phi) is 4.00. The SMILES string of the molecule is N#Cc1cccc(NCC2CCC(N)CC2)c1. The number of rotatable bonds is 3. The fourth-order valence-corrected chi connectivity index (χ4v) is 2.35. The van der Waals surface area contributed by atoms with Gasteiger partial charge in [0.15, 0.2) is 0 Å². The fourth-order valence-electron chi connectivity index (χ4n) is 2.35. The molecule has 0 radical (unpaired) electrons. The molecule has 3 heteroatoms. The maximum Gasteiger partial charge on any atom is 0.0992 e. The highest BCUT2D eigenvalue weighted by Gasteiger charge is 2.17. The van der Waals surface area contributed by atoms with Crippen molar-refractivity contribution >= 4 is 5.69 Å². The number of nitriles is 1. The third-order valence-electron chi connectivity index (χ3n) is 3.48. The predicted octanol–water partition coefficient (Wildman–Crippen LogP) is 2.49. The minimum Gasteiger partial charge on any atom is -0.385 e. The van der Waals surface area contributed by atoms with Crippen molar-refractivity contribution in [3.05, 3.63) is 29.8 Å². The second kappa shape index (κ2) is 5.70. The molecule has 0 bridgehead atoms. The maximum absolute atomic E-state index is 8.82. The lowest BCUT2D eigenvalue weighted by atomic mass is 9.86. The molecule has 3 N–H and O–H groups in total. The van der Waals surface area contributed by atoms with E-state index in [0.29, 0.717) is 11.6 Å². The minimum absolute atomic E-state index is 0.410. The summed E-state index contributed by atoms with van der Waals surface area (Å²) in [5, 5.41) is 12.2. The number of nitrogens with two attached hydrogens (primary N) is 1. The van der Waals surface area contributed by atoms with Gasteiger partial charge in [0, 0.05) is 18.3 Å². The number of hydrogen-bond acceptors (Lipinski definition) is 3.